The third-order valence-electron chi connectivity index (χ3n) is 1.93. The van der Waals surface area contributed by atoms with E-state index >= 15 is 0 Å². The summed E-state index contributed by atoms with van der Waals surface area (Å²) in [5.41, 5.74) is 1.05. The van der Waals surface area contributed by atoms with Gasteiger partial charge < -0.3 is 14.1 Å². The minimum absolute atomic E-state index is 0.275. The number of carbonyl (C=O) groups excluding carboxylic acids is 1. The van der Waals surface area contributed by atoms with Crippen LogP contribution < -0.4 is 0 Å². The summed E-state index contributed by atoms with van der Waals surface area (Å²) < 4.78 is 22.2. The van der Waals surface area contributed by atoms with E-state index < -0.39 is 12.0 Å². The molecular formula is C12H16FNO3. The Hall–Kier alpha value is -1.78. The van der Waals surface area contributed by atoms with E-state index in [2.05, 4.69) is 4.98 Å². The summed E-state index contributed by atoms with van der Waals surface area (Å²) in [5, 5.41) is 0. The van der Waals surface area contributed by atoms with Gasteiger partial charge in [-0.25, -0.2) is 4.79 Å². The van der Waals surface area contributed by atoms with Crippen molar-refractivity contribution in [2.75, 3.05) is 6.61 Å². The van der Waals surface area contributed by atoms with Crippen LogP contribution in [0.4, 0.5) is 4.39 Å². The van der Waals surface area contributed by atoms with E-state index in [1.807, 2.05) is 20.8 Å². The van der Waals surface area contributed by atoms with Gasteiger partial charge in [0.2, 0.25) is 0 Å². The van der Waals surface area contributed by atoms with Crippen LogP contribution in [0.3, 0.4) is 0 Å². The molecule has 17 heavy (non-hydrogen) atoms. The van der Waals surface area contributed by atoms with Gasteiger partial charge in [-0.1, -0.05) is 20.8 Å². The normalized spacial score (nSPS) is 9.88. The molecule has 2 rings (SSSR count). The number of halogens is 1. The lowest BCUT2D eigenvalue weighted by molar-refractivity contribution is 0.0499. The summed E-state index contributed by atoms with van der Waals surface area (Å²) in [6.07, 6.45) is 0.761. The van der Waals surface area contributed by atoms with Gasteiger partial charge in [0, 0.05) is 12.1 Å². The van der Waals surface area contributed by atoms with Crippen LogP contribution in [0.1, 0.15) is 37.7 Å². The first-order chi connectivity index (χ1) is 8.20. The van der Waals surface area contributed by atoms with Crippen molar-refractivity contribution in [1.82, 2.24) is 4.98 Å². The number of H-pyrrole nitrogens is 1. The summed E-state index contributed by atoms with van der Waals surface area (Å²) in [4.78, 5) is 14.1. The quantitative estimate of drug-likeness (QED) is 0.837. The maximum Gasteiger partial charge on any atom is 0.354 e. The highest BCUT2D eigenvalue weighted by atomic mass is 19.1. The van der Waals surface area contributed by atoms with Gasteiger partial charge in [0.25, 0.3) is 6.01 Å². The number of carbonyl (C=O) groups is 1. The van der Waals surface area contributed by atoms with Crippen molar-refractivity contribution >= 4 is 17.1 Å². The van der Waals surface area contributed by atoms with Gasteiger partial charge in [-0.3, -0.25) is 0 Å². The molecule has 0 fully saturated rings. The van der Waals surface area contributed by atoms with Gasteiger partial charge in [0.05, 0.1) is 12.1 Å². The van der Waals surface area contributed by atoms with Crippen LogP contribution in [0, 0.1) is 6.01 Å². The Bertz CT molecular complexity index is 455. The molecule has 0 unspecified atom stereocenters. The molecule has 4 nitrogen and oxygen atoms in total. The second-order valence-electron chi connectivity index (χ2n) is 3.15. The SMILES string of the molecule is CC.CCCOC(=O)c1cc2oc(F)cc2[nH]1. The second kappa shape index (κ2) is 6.08. The topological polar surface area (TPSA) is 55.2 Å². The van der Waals surface area contributed by atoms with Crippen LogP contribution >= 0.6 is 0 Å². The van der Waals surface area contributed by atoms with Gasteiger partial charge in [-0.15, -0.1) is 0 Å². The van der Waals surface area contributed by atoms with Crippen molar-refractivity contribution in [3.8, 4) is 0 Å². The number of aromatic amines is 1. The van der Waals surface area contributed by atoms with Crippen LogP contribution in [0.5, 0.6) is 0 Å². The molecule has 0 radical (unpaired) electrons. The maximum absolute atomic E-state index is 12.6. The second-order valence-corrected chi connectivity index (χ2v) is 3.15. The average Bonchev–Trinajstić information content (AvgIpc) is 2.85. The fourth-order valence-electron chi connectivity index (χ4n) is 1.27. The Morgan fingerprint density at radius 2 is 2.18 bits per heavy atom. The predicted molar refractivity (Wildman–Crippen MR) is 62.4 cm³/mol. The van der Waals surface area contributed by atoms with Gasteiger partial charge in [0.15, 0.2) is 5.58 Å². The third kappa shape index (κ3) is 3.09. The minimum atomic E-state index is -0.676. The van der Waals surface area contributed by atoms with E-state index in [0.29, 0.717) is 17.7 Å². The molecule has 2 heterocycles. The van der Waals surface area contributed by atoms with E-state index in [0.717, 1.165) is 6.42 Å². The summed E-state index contributed by atoms with van der Waals surface area (Å²) in [7, 11) is 0. The molecule has 0 amide bonds. The van der Waals surface area contributed by atoms with Gasteiger partial charge >= 0.3 is 5.97 Å². The van der Waals surface area contributed by atoms with E-state index in [9.17, 15) is 9.18 Å². The third-order valence-corrected chi connectivity index (χ3v) is 1.93. The molecule has 1 N–H and O–H groups in total. The van der Waals surface area contributed by atoms with Crippen molar-refractivity contribution in [2.24, 2.45) is 0 Å². The molecule has 0 aliphatic heterocycles. The summed E-state index contributed by atoms with van der Waals surface area (Å²) in [5.74, 6) is -0.455. The van der Waals surface area contributed by atoms with Gasteiger partial charge in [-0.05, 0) is 6.42 Å². The fourth-order valence-corrected chi connectivity index (χ4v) is 1.27. The average molecular weight is 241 g/mol. The summed E-state index contributed by atoms with van der Waals surface area (Å²) >= 11 is 0. The maximum atomic E-state index is 12.6. The van der Waals surface area contributed by atoms with Gasteiger partial charge in [-0.2, -0.15) is 4.39 Å². The molecule has 94 valence electrons. The minimum Gasteiger partial charge on any atom is -0.461 e. The number of esters is 1. The molecule has 0 aliphatic rings. The highest BCUT2D eigenvalue weighted by molar-refractivity contribution is 5.93. The molecule has 0 saturated carbocycles. The molecule has 0 spiro atoms. The molecule has 0 aromatic carbocycles. The van der Waals surface area contributed by atoms with Crippen LogP contribution in [0.25, 0.3) is 11.1 Å². The van der Waals surface area contributed by atoms with Crippen molar-refractivity contribution in [3.05, 3.63) is 23.8 Å². The number of hydrogen-bond acceptors (Lipinski definition) is 3. The van der Waals surface area contributed by atoms with Crippen molar-refractivity contribution in [2.45, 2.75) is 27.2 Å². The Balaban J connectivity index is 0.000000686. The van der Waals surface area contributed by atoms with Crippen molar-refractivity contribution < 1.29 is 18.3 Å². The predicted octanol–water partition coefficient (Wildman–Crippen LogP) is 3.49. The molecule has 2 aromatic rings. The first-order valence-electron chi connectivity index (χ1n) is 5.66. The highest BCUT2D eigenvalue weighted by Gasteiger charge is 2.13. The van der Waals surface area contributed by atoms with E-state index in [1.165, 1.54) is 12.1 Å². The fraction of sp³-hybridized carbons (Fsp3) is 0.417. The smallest absolute Gasteiger partial charge is 0.354 e. The molecule has 0 atom stereocenters. The number of hydrogen-bond donors (Lipinski definition) is 1. The molecule has 5 heteroatoms. The largest absolute Gasteiger partial charge is 0.461 e. The van der Waals surface area contributed by atoms with Crippen LogP contribution in [-0.4, -0.2) is 17.6 Å². The molecule has 0 saturated heterocycles. The van der Waals surface area contributed by atoms with Crippen molar-refractivity contribution in [1.29, 1.82) is 0 Å². The Kier molecular flexibility index (Phi) is 4.75. The molecule has 2 aromatic heterocycles. The number of ether oxygens (including phenoxy) is 1. The Morgan fingerprint density at radius 1 is 1.47 bits per heavy atom. The zero-order valence-electron chi connectivity index (χ0n) is 10.2. The first kappa shape index (κ1) is 13.3. The van der Waals surface area contributed by atoms with Crippen LogP contribution in [-0.2, 0) is 4.74 Å². The van der Waals surface area contributed by atoms with E-state index in [-0.39, 0.29) is 5.69 Å². The number of aromatic nitrogens is 1. The number of rotatable bonds is 3. The lowest BCUT2D eigenvalue weighted by Gasteiger charge is -1.99. The van der Waals surface area contributed by atoms with Gasteiger partial charge in [0.1, 0.15) is 5.69 Å². The Morgan fingerprint density at radius 3 is 2.76 bits per heavy atom. The zero-order valence-corrected chi connectivity index (χ0v) is 10.2. The number of fused-ring (bicyclic) bond motifs is 1. The highest BCUT2D eigenvalue weighted by Crippen LogP contribution is 2.19. The van der Waals surface area contributed by atoms with Crippen LogP contribution in [0.2, 0.25) is 0 Å². The summed E-state index contributed by atoms with van der Waals surface area (Å²) in [6.45, 7) is 6.27. The van der Waals surface area contributed by atoms with E-state index in [1.54, 1.807) is 0 Å². The number of furan rings is 1. The van der Waals surface area contributed by atoms with Crippen molar-refractivity contribution in [3.63, 3.8) is 0 Å². The van der Waals surface area contributed by atoms with E-state index in [4.69, 9.17) is 9.15 Å². The number of nitrogens with one attached hydrogen (secondary N) is 1. The summed E-state index contributed by atoms with van der Waals surface area (Å²) in [6, 6.07) is 1.94. The molecule has 0 bridgehead atoms. The lowest BCUT2D eigenvalue weighted by Crippen LogP contribution is -2.05. The lowest BCUT2D eigenvalue weighted by atomic mass is 10.4. The monoisotopic (exact) mass is 241 g/mol. The standard InChI is InChI=1S/C10H10FNO3.C2H6/c1-2-3-14-10(13)7-4-8-6(12-7)5-9(11)15-8;1-2/h4-5,12H,2-3H2,1H3;1-2H3. The van der Waals surface area contributed by atoms with Crippen LogP contribution in [0.15, 0.2) is 16.5 Å². The zero-order chi connectivity index (χ0) is 12.8. The first-order valence-corrected chi connectivity index (χ1v) is 5.66. The molecular weight excluding hydrogens is 225 g/mol. The molecule has 0 aliphatic carbocycles. The Labute approximate surface area is 98.8 Å².